The van der Waals surface area contributed by atoms with Gasteiger partial charge in [-0.15, -0.1) is 0 Å². The third kappa shape index (κ3) is 3.48. The van der Waals surface area contributed by atoms with Crippen LogP contribution in [0.25, 0.3) is 0 Å². The molecule has 0 aromatic rings. The van der Waals surface area contributed by atoms with Gasteiger partial charge >= 0.3 is 0 Å². The van der Waals surface area contributed by atoms with Crippen molar-refractivity contribution in [3.63, 3.8) is 0 Å². The molecule has 3 heterocycles. The van der Waals surface area contributed by atoms with Crippen molar-refractivity contribution in [2.45, 2.75) is 76.4 Å². The summed E-state index contributed by atoms with van der Waals surface area (Å²) in [6.07, 6.45) is 10.5. The molecule has 3 rings (SSSR count). The zero-order valence-corrected chi connectivity index (χ0v) is 14.2. The summed E-state index contributed by atoms with van der Waals surface area (Å²) < 4.78 is 5.80. The van der Waals surface area contributed by atoms with Gasteiger partial charge in [0, 0.05) is 31.7 Å². The van der Waals surface area contributed by atoms with Crippen LogP contribution < -0.4 is 0 Å². The molecule has 0 aromatic heterocycles. The first-order chi connectivity index (χ1) is 10.7. The van der Waals surface area contributed by atoms with Crippen LogP contribution in [0.3, 0.4) is 0 Å². The number of rotatable bonds is 5. The Hall–Kier alpha value is -0.610. The molecule has 1 amide bonds. The molecule has 0 N–H and O–H groups in total. The van der Waals surface area contributed by atoms with Crippen LogP contribution in [0.2, 0.25) is 0 Å². The number of hydrogen-bond donors (Lipinski definition) is 0. The predicted octanol–water partition coefficient (Wildman–Crippen LogP) is 2.81. The minimum Gasteiger partial charge on any atom is -0.376 e. The van der Waals surface area contributed by atoms with Crippen molar-refractivity contribution < 1.29 is 9.53 Å². The number of amides is 1. The van der Waals surface area contributed by atoms with Crippen LogP contribution in [0, 0.1) is 0 Å². The van der Waals surface area contributed by atoms with Gasteiger partial charge in [-0.3, -0.25) is 4.79 Å². The molecule has 0 aliphatic carbocycles. The molecule has 2 atom stereocenters. The molecule has 3 aliphatic heterocycles. The van der Waals surface area contributed by atoms with E-state index in [2.05, 4.69) is 16.7 Å². The summed E-state index contributed by atoms with van der Waals surface area (Å²) in [6, 6.07) is 0. The first-order valence-corrected chi connectivity index (χ1v) is 9.38. The molecule has 0 aromatic carbocycles. The minimum absolute atomic E-state index is 0.143. The van der Waals surface area contributed by atoms with E-state index in [0.29, 0.717) is 12.0 Å². The summed E-state index contributed by atoms with van der Waals surface area (Å²) in [4.78, 5) is 17.3. The lowest BCUT2D eigenvalue weighted by Crippen LogP contribution is -2.49. The molecule has 1 spiro atoms. The molecule has 0 saturated carbocycles. The molecular weight excluding hydrogens is 276 g/mol. The summed E-state index contributed by atoms with van der Waals surface area (Å²) in [5.41, 5.74) is 0.143. The Balaban J connectivity index is 1.63. The van der Waals surface area contributed by atoms with Crippen LogP contribution in [-0.2, 0) is 9.53 Å². The van der Waals surface area contributed by atoms with E-state index in [9.17, 15) is 4.79 Å². The second-order valence-corrected chi connectivity index (χ2v) is 7.41. The Morgan fingerprint density at radius 1 is 1.23 bits per heavy atom. The van der Waals surface area contributed by atoms with Crippen LogP contribution in [0.5, 0.6) is 0 Å². The second kappa shape index (κ2) is 7.31. The molecule has 0 bridgehead atoms. The van der Waals surface area contributed by atoms with E-state index in [1.54, 1.807) is 0 Å². The lowest BCUT2D eigenvalue weighted by molar-refractivity contribution is -0.133. The second-order valence-electron chi connectivity index (χ2n) is 7.41. The largest absolute Gasteiger partial charge is 0.376 e. The van der Waals surface area contributed by atoms with Gasteiger partial charge < -0.3 is 14.5 Å². The normalized spacial score (nSPS) is 33.8. The van der Waals surface area contributed by atoms with Gasteiger partial charge in [0.05, 0.1) is 6.10 Å². The number of carbonyl (C=O) groups is 1. The summed E-state index contributed by atoms with van der Waals surface area (Å²) in [7, 11) is 0. The van der Waals surface area contributed by atoms with Crippen LogP contribution in [0.1, 0.15) is 64.7 Å². The van der Waals surface area contributed by atoms with Crippen molar-refractivity contribution >= 4 is 5.91 Å². The summed E-state index contributed by atoms with van der Waals surface area (Å²) in [5.74, 6) is 0.373. The number of ether oxygens (including phenoxy) is 1. The van der Waals surface area contributed by atoms with E-state index in [0.717, 1.165) is 51.8 Å². The zero-order chi connectivity index (χ0) is 15.4. The number of unbranched alkanes of at least 4 members (excludes halogenated alkanes) is 1. The molecule has 3 aliphatic rings. The highest BCUT2D eigenvalue weighted by atomic mass is 16.5. The molecule has 3 saturated heterocycles. The van der Waals surface area contributed by atoms with Gasteiger partial charge in [-0.25, -0.2) is 0 Å². The third-order valence-electron chi connectivity index (χ3n) is 5.93. The first-order valence-electron chi connectivity index (χ1n) is 9.38. The molecule has 0 radical (unpaired) electrons. The van der Waals surface area contributed by atoms with E-state index in [-0.39, 0.29) is 5.54 Å². The molecule has 126 valence electrons. The van der Waals surface area contributed by atoms with Crippen molar-refractivity contribution in [2.75, 3.05) is 32.8 Å². The van der Waals surface area contributed by atoms with Gasteiger partial charge in [0.2, 0.25) is 5.91 Å². The van der Waals surface area contributed by atoms with E-state index < -0.39 is 0 Å². The maximum Gasteiger partial charge on any atom is 0.223 e. The Morgan fingerprint density at radius 3 is 2.91 bits per heavy atom. The average Bonchev–Trinajstić information content (AvgIpc) is 3.07. The van der Waals surface area contributed by atoms with Crippen molar-refractivity contribution in [3.05, 3.63) is 0 Å². The lowest BCUT2D eigenvalue weighted by Gasteiger charge is -2.39. The maximum absolute atomic E-state index is 12.5. The van der Waals surface area contributed by atoms with E-state index in [1.807, 2.05) is 0 Å². The molecule has 4 heteroatoms. The van der Waals surface area contributed by atoms with Crippen LogP contribution >= 0.6 is 0 Å². The average molecular weight is 308 g/mol. The number of hydrogen-bond acceptors (Lipinski definition) is 3. The Kier molecular flexibility index (Phi) is 5.40. The third-order valence-corrected chi connectivity index (χ3v) is 5.93. The Bertz CT molecular complexity index is 381. The smallest absolute Gasteiger partial charge is 0.223 e. The summed E-state index contributed by atoms with van der Waals surface area (Å²) in [5, 5.41) is 0. The fraction of sp³-hybridized carbons (Fsp3) is 0.944. The molecule has 4 nitrogen and oxygen atoms in total. The van der Waals surface area contributed by atoms with E-state index in [4.69, 9.17) is 4.74 Å². The van der Waals surface area contributed by atoms with Gasteiger partial charge in [-0.1, -0.05) is 13.3 Å². The summed E-state index contributed by atoms with van der Waals surface area (Å²) >= 11 is 0. The maximum atomic E-state index is 12.5. The van der Waals surface area contributed by atoms with Gasteiger partial charge in [-0.2, -0.15) is 0 Å². The number of likely N-dealkylation sites (tertiary alicyclic amines) is 2. The number of carbonyl (C=O) groups excluding carboxylic acids is 1. The zero-order valence-electron chi connectivity index (χ0n) is 14.2. The Morgan fingerprint density at radius 2 is 2.14 bits per heavy atom. The monoisotopic (exact) mass is 308 g/mol. The Labute approximate surface area is 135 Å². The van der Waals surface area contributed by atoms with Crippen molar-refractivity contribution in [1.29, 1.82) is 0 Å². The number of nitrogens with zero attached hydrogens (tertiary/aromatic N) is 2. The SMILES string of the molecule is CCCCN1CCC[C@@]2(CCC(=O)N2C[C@@H]2CCCO2)CC1. The fourth-order valence-electron chi connectivity index (χ4n) is 4.52. The highest BCUT2D eigenvalue weighted by Gasteiger charge is 2.46. The van der Waals surface area contributed by atoms with Gasteiger partial charge in [0.1, 0.15) is 0 Å². The van der Waals surface area contributed by atoms with E-state index in [1.165, 1.54) is 38.8 Å². The topological polar surface area (TPSA) is 32.8 Å². The standard InChI is InChI=1S/C18H32N2O2/c1-2-3-11-19-12-5-8-18(10-13-19)9-7-17(21)20(18)15-16-6-4-14-22-16/h16H,2-15H2,1H3/t16-,18+/m0/s1. The first kappa shape index (κ1) is 16.3. The van der Waals surface area contributed by atoms with Gasteiger partial charge in [0.25, 0.3) is 0 Å². The minimum atomic E-state index is 0.143. The molecule has 0 unspecified atom stereocenters. The van der Waals surface area contributed by atoms with Crippen LogP contribution in [0.15, 0.2) is 0 Å². The highest BCUT2D eigenvalue weighted by molar-refractivity contribution is 5.79. The van der Waals surface area contributed by atoms with E-state index >= 15 is 0 Å². The quantitative estimate of drug-likeness (QED) is 0.783. The van der Waals surface area contributed by atoms with Crippen LogP contribution in [0.4, 0.5) is 0 Å². The van der Waals surface area contributed by atoms with Crippen molar-refractivity contribution in [3.8, 4) is 0 Å². The van der Waals surface area contributed by atoms with Crippen LogP contribution in [-0.4, -0.2) is 60.1 Å². The molecule has 22 heavy (non-hydrogen) atoms. The summed E-state index contributed by atoms with van der Waals surface area (Å²) in [6.45, 7) is 7.59. The molecule has 3 fully saturated rings. The predicted molar refractivity (Wildman–Crippen MR) is 87.9 cm³/mol. The lowest BCUT2D eigenvalue weighted by atomic mass is 9.87. The van der Waals surface area contributed by atoms with Gasteiger partial charge in [-0.05, 0) is 58.0 Å². The van der Waals surface area contributed by atoms with Gasteiger partial charge in [0.15, 0.2) is 0 Å². The molecular formula is C18H32N2O2. The highest BCUT2D eigenvalue weighted by Crippen LogP contribution is 2.39. The fourth-order valence-corrected chi connectivity index (χ4v) is 4.52. The van der Waals surface area contributed by atoms with Crippen molar-refractivity contribution in [1.82, 2.24) is 9.80 Å². The van der Waals surface area contributed by atoms with Crippen molar-refractivity contribution in [2.24, 2.45) is 0 Å².